The average molecular weight is 370 g/mol. The number of aromatic hydroxyl groups is 1. The minimum Gasteiger partial charge on any atom is -0.507 e. The number of rotatable bonds is 8. The Bertz CT molecular complexity index is 817. The number of phenols is 1. The molecular weight excluding hydrogens is 344 g/mol. The summed E-state index contributed by atoms with van der Waals surface area (Å²) in [5.41, 5.74) is 2.77. The Labute approximate surface area is 159 Å². The van der Waals surface area contributed by atoms with Gasteiger partial charge < -0.3 is 19.7 Å². The van der Waals surface area contributed by atoms with Crippen molar-refractivity contribution in [3.05, 3.63) is 64.7 Å². The van der Waals surface area contributed by atoms with Crippen molar-refractivity contribution in [1.29, 1.82) is 0 Å². The minimum atomic E-state index is -0.772. The second-order valence-corrected chi connectivity index (χ2v) is 6.54. The Balaban J connectivity index is 2.42. The van der Waals surface area contributed by atoms with Crippen molar-refractivity contribution in [2.45, 2.75) is 26.2 Å². The van der Waals surface area contributed by atoms with E-state index in [1.807, 2.05) is 19.9 Å². The van der Waals surface area contributed by atoms with Gasteiger partial charge in [-0.25, -0.2) is 0 Å². The molecule has 5 nitrogen and oxygen atoms in total. The number of benzene rings is 2. The van der Waals surface area contributed by atoms with Gasteiger partial charge in [0, 0.05) is 6.07 Å². The van der Waals surface area contributed by atoms with Gasteiger partial charge in [0.05, 0.1) is 32.3 Å². The molecule has 5 heteroatoms. The van der Waals surface area contributed by atoms with Crippen LogP contribution in [0.4, 0.5) is 0 Å². The number of allylic oxidation sites excluding steroid dienone is 2. The Morgan fingerprint density at radius 2 is 1.78 bits per heavy atom. The number of ether oxygens (including phenoxy) is 2. The van der Waals surface area contributed by atoms with Crippen molar-refractivity contribution in [2.75, 3.05) is 20.8 Å². The molecule has 0 amide bonds. The molecule has 144 valence electrons. The number of ketones is 1. The Morgan fingerprint density at radius 3 is 2.30 bits per heavy atom. The summed E-state index contributed by atoms with van der Waals surface area (Å²) in [5, 5.41) is 20.2. The molecule has 0 aliphatic carbocycles. The van der Waals surface area contributed by atoms with Crippen molar-refractivity contribution in [2.24, 2.45) is 0 Å². The third-order valence-electron chi connectivity index (χ3n) is 4.41. The van der Waals surface area contributed by atoms with E-state index in [9.17, 15) is 15.0 Å². The van der Waals surface area contributed by atoms with Gasteiger partial charge in [-0.05, 0) is 49.6 Å². The summed E-state index contributed by atoms with van der Waals surface area (Å²) >= 11 is 0. The standard InChI is InChI=1S/C22H26O5/c1-14(2)5-6-16-11-18(20(24)12-21(16)27-4)22(25)19(13-23)15-7-9-17(26-3)10-8-15/h5,7-12,19,23-24H,6,13H2,1-4H3/t19-/m1/s1. The highest BCUT2D eigenvalue weighted by Crippen LogP contribution is 2.33. The van der Waals surface area contributed by atoms with Gasteiger partial charge in [0.15, 0.2) is 5.78 Å². The lowest BCUT2D eigenvalue weighted by Gasteiger charge is -2.17. The Kier molecular flexibility index (Phi) is 7.02. The first kappa shape index (κ1) is 20.5. The van der Waals surface area contributed by atoms with Crippen molar-refractivity contribution >= 4 is 5.78 Å². The number of aliphatic hydroxyl groups is 1. The molecule has 1 atom stereocenters. The lowest BCUT2D eigenvalue weighted by molar-refractivity contribution is 0.0919. The van der Waals surface area contributed by atoms with Crippen LogP contribution in [0.3, 0.4) is 0 Å². The maximum absolute atomic E-state index is 13.0. The first-order valence-corrected chi connectivity index (χ1v) is 8.73. The molecule has 0 saturated heterocycles. The van der Waals surface area contributed by atoms with Gasteiger partial charge in [-0.2, -0.15) is 0 Å². The van der Waals surface area contributed by atoms with Gasteiger partial charge in [0.25, 0.3) is 0 Å². The predicted molar refractivity (Wildman–Crippen MR) is 105 cm³/mol. The predicted octanol–water partition coefficient (Wildman–Crippen LogP) is 3.88. The van der Waals surface area contributed by atoms with Crippen molar-refractivity contribution < 1.29 is 24.5 Å². The summed E-state index contributed by atoms with van der Waals surface area (Å²) in [7, 11) is 3.09. The molecule has 0 heterocycles. The molecular formula is C22H26O5. The summed E-state index contributed by atoms with van der Waals surface area (Å²) in [6.45, 7) is 3.62. The number of phenolic OH excluding ortho intramolecular Hbond substituents is 1. The fourth-order valence-corrected chi connectivity index (χ4v) is 2.84. The zero-order chi connectivity index (χ0) is 20.0. The number of hydrogen-bond acceptors (Lipinski definition) is 5. The summed E-state index contributed by atoms with van der Waals surface area (Å²) in [6, 6.07) is 10.0. The van der Waals surface area contributed by atoms with Crippen LogP contribution in [-0.4, -0.2) is 36.8 Å². The highest BCUT2D eigenvalue weighted by Gasteiger charge is 2.25. The number of carbonyl (C=O) groups excluding carboxylic acids is 1. The molecule has 2 aromatic carbocycles. The zero-order valence-electron chi connectivity index (χ0n) is 16.2. The van der Waals surface area contributed by atoms with Crippen LogP contribution < -0.4 is 9.47 Å². The van der Waals surface area contributed by atoms with Gasteiger partial charge in [0.1, 0.15) is 17.2 Å². The lowest BCUT2D eigenvalue weighted by atomic mass is 9.89. The van der Waals surface area contributed by atoms with E-state index < -0.39 is 5.92 Å². The Hall–Kier alpha value is -2.79. The highest BCUT2D eigenvalue weighted by atomic mass is 16.5. The molecule has 0 saturated carbocycles. The molecule has 0 fully saturated rings. The first-order valence-electron chi connectivity index (χ1n) is 8.73. The summed E-state index contributed by atoms with van der Waals surface area (Å²) < 4.78 is 10.5. The first-order chi connectivity index (χ1) is 12.9. The third kappa shape index (κ3) is 4.89. The maximum Gasteiger partial charge on any atom is 0.176 e. The molecule has 2 aromatic rings. The molecule has 0 radical (unpaired) electrons. The van der Waals surface area contributed by atoms with Gasteiger partial charge in [-0.1, -0.05) is 23.8 Å². The van der Waals surface area contributed by atoms with E-state index in [1.54, 1.807) is 37.4 Å². The number of hydrogen-bond donors (Lipinski definition) is 2. The van der Waals surface area contributed by atoms with E-state index in [-0.39, 0.29) is 23.7 Å². The quantitative estimate of drug-likeness (QED) is 0.545. The molecule has 0 unspecified atom stereocenters. The fraction of sp³-hybridized carbons (Fsp3) is 0.318. The molecule has 0 aliphatic heterocycles. The van der Waals surface area contributed by atoms with Gasteiger partial charge in [-0.15, -0.1) is 0 Å². The summed E-state index contributed by atoms with van der Waals surface area (Å²) in [5.74, 6) is -0.0942. The van der Waals surface area contributed by atoms with Crippen LogP contribution in [0.1, 0.15) is 41.3 Å². The summed E-state index contributed by atoms with van der Waals surface area (Å²) in [6.07, 6.45) is 2.61. The van der Waals surface area contributed by atoms with Crippen LogP contribution in [0.15, 0.2) is 48.0 Å². The van der Waals surface area contributed by atoms with Crippen LogP contribution in [0.5, 0.6) is 17.2 Å². The molecule has 2 N–H and O–H groups in total. The number of methoxy groups -OCH3 is 2. The average Bonchev–Trinajstić information content (AvgIpc) is 2.67. The molecule has 0 aliphatic rings. The van der Waals surface area contributed by atoms with E-state index >= 15 is 0 Å². The van der Waals surface area contributed by atoms with E-state index in [0.717, 1.165) is 11.1 Å². The SMILES string of the molecule is COc1ccc([C@@H](CO)C(=O)c2cc(CC=C(C)C)c(OC)cc2O)cc1. The number of aliphatic hydroxyl groups excluding tert-OH is 1. The van der Waals surface area contributed by atoms with Gasteiger partial charge in [-0.3, -0.25) is 4.79 Å². The van der Waals surface area contributed by atoms with Crippen molar-refractivity contribution in [3.63, 3.8) is 0 Å². The van der Waals surface area contributed by atoms with Gasteiger partial charge >= 0.3 is 0 Å². The van der Waals surface area contributed by atoms with Crippen molar-refractivity contribution in [1.82, 2.24) is 0 Å². The minimum absolute atomic E-state index is 0.162. The van der Waals surface area contributed by atoms with Crippen LogP contribution in [0.25, 0.3) is 0 Å². The third-order valence-corrected chi connectivity index (χ3v) is 4.41. The van der Waals surface area contributed by atoms with E-state index in [0.29, 0.717) is 23.5 Å². The highest BCUT2D eigenvalue weighted by molar-refractivity contribution is 6.03. The largest absolute Gasteiger partial charge is 0.507 e. The molecule has 0 aromatic heterocycles. The molecule has 0 bridgehead atoms. The van der Waals surface area contributed by atoms with E-state index in [1.165, 1.54) is 13.2 Å². The van der Waals surface area contributed by atoms with E-state index in [2.05, 4.69) is 0 Å². The van der Waals surface area contributed by atoms with E-state index in [4.69, 9.17) is 9.47 Å². The number of Topliss-reactive ketones (excluding diaryl/α,β-unsaturated/α-hetero) is 1. The normalized spacial score (nSPS) is 11.6. The zero-order valence-corrected chi connectivity index (χ0v) is 16.2. The second kappa shape index (κ2) is 9.24. The smallest absolute Gasteiger partial charge is 0.176 e. The van der Waals surface area contributed by atoms with Crippen LogP contribution >= 0.6 is 0 Å². The van der Waals surface area contributed by atoms with Crippen molar-refractivity contribution in [3.8, 4) is 17.2 Å². The van der Waals surface area contributed by atoms with Crippen LogP contribution in [0.2, 0.25) is 0 Å². The lowest BCUT2D eigenvalue weighted by Crippen LogP contribution is -2.17. The fourth-order valence-electron chi connectivity index (χ4n) is 2.84. The summed E-state index contributed by atoms with van der Waals surface area (Å²) in [4.78, 5) is 13.0. The van der Waals surface area contributed by atoms with Crippen LogP contribution in [-0.2, 0) is 6.42 Å². The molecule has 2 rings (SSSR count). The monoisotopic (exact) mass is 370 g/mol. The second-order valence-electron chi connectivity index (χ2n) is 6.54. The Morgan fingerprint density at radius 1 is 1.11 bits per heavy atom. The number of carbonyl (C=O) groups is 1. The topological polar surface area (TPSA) is 76.0 Å². The van der Waals surface area contributed by atoms with Gasteiger partial charge in [0.2, 0.25) is 0 Å². The van der Waals surface area contributed by atoms with Crippen LogP contribution in [0, 0.1) is 0 Å². The molecule has 0 spiro atoms. The molecule has 27 heavy (non-hydrogen) atoms. The maximum atomic E-state index is 13.0.